The van der Waals surface area contributed by atoms with E-state index in [1.54, 1.807) is 12.1 Å². The van der Waals surface area contributed by atoms with Crippen LogP contribution < -0.4 is 10.6 Å². The fourth-order valence-corrected chi connectivity index (χ4v) is 3.34. The van der Waals surface area contributed by atoms with Crippen molar-refractivity contribution >= 4 is 56.6 Å². The summed E-state index contributed by atoms with van der Waals surface area (Å²) >= 11 is 15.6. The Morgan fingerprint density at radius 2 is 1.97 bits per heavy atom. The van der Waals surface area contributed by atoms with Crippen molar-refractivity contribution in [2.75, 3.05) is 12.4 Å². The quantitative estimate of drug-likeness (QED) is 0.573. The summed E-state index contributed by atoms with van der Waals surface area (Å²) in [6.07, 6.45) is 1.51. The Morgan fingerprint density at radius 1 is 1.21 bits per heavy atom. The second kappa shape index (κ2) is 8.61. The molecule has 2 heterocycles. The van der Waals surface area contributed by atoms with Gasteiger partial charge in [-0.25, -0.2) is 9.67 Å². The Labute approximate surface area is 183 Å². The van der Waals surface area contributed by atoms with Crippen molar-refractivity contribution in [3.63, 3.8) is 0 Å². The molecule has 0 saturated heterocycles. The van der Waals surface area contributed by atoms with Gasteiger partial charge in [-0.3, -0.25) is 9.59 Å². The highest BCUT2D eigenvalue weighted by Gasteiger charge is 2.22. The molecule has 3 aromatic rings. The van der Waals surface area contributed by atoms with Crippen LogP contribution in [0.2, 0.25) is 10.0 Å². The number of rotatable bonds is 4. The molecular weight excluding hydrogens is 483 g/mol. The Morgan fingerprint density at radius 3 is 2.62 bits per heavy atom. The van der Waals surface area contributed by atoms with Gasteiger partial charge in [0, 0.05) is 19.3 Å². The van der Waals surface area contributed by atoms with E-state index in [1.807, 2.05) is 6.07 Å². The van der Waals surface area contributed by atoms with E-state index in [9.17, 15) is 9.59 Å². The van der Waals surface area contributed by atoms with E-state index in [0.717, 1.165) is 0 Å². The third-order valence-corrected chi connectivity index (χ3v) is 4.76. The van der Waals surface area contributed by atoms with Crippen molar-refractivity contribution < 1.29 is 9.59 Å². The number of benzene rings is 1. The molecule has 2 aromatic heterocycles. The van der Waals surface area contributed by atoms with E-state index in [0.29, 0.717) is 9.63 Å². The summed E-state index contributed by atoms with van der Waals surface area (Å²) in [5.74, 6) is -0.870. The molecule has 0 aliphatic rings. The Hall–Kier alpha value is -2.93. The first kappa shape index (κ1) is 20.8. The van der Waals surface area contributed by atoms with E-state index in [4.69, 9.17) is 28.5 Å². The molecule has 0 aliphatic heterocycles. The van der Waals surface area contributed by atoms with Gasteiger partial charge in [0.1, 0.15) is 10.3 Å². The summed E-state index contributed by atoms with van der Waals surface area (Å²) in [5.41, 5.74) is 0.386. The van der Waals surface area contributed by atoms with Gasteiger partial charge in [0.15, 0.2) is 5.82 Å². The molecule has 29 heavy (non-hydrogen) atoms. The van der Waals surface area contributed by atoms with Crippen LogP contribution in [0.25, 0.3) is 5.82 Å². The summed E-state index contributed by atoms with van der Waals surface area (Å²) in [6.45, 7) is 0. The number of amides is 2. The number of hydrogen-bond acceptors (Lipinski definition) is 5. The van der Waals surface area contributed by atoms with Crippen LogP contribution in [-0.4, -0.2) is 33.6 Å². The highest BCUT2D eigenvalue weighted by atomic mass is 79.9. The third-order valence-electron chi connectivity index (χ3n) is 3.78. The largest absolute Gasteiger partial charge is 0.355 e. The predicted octanol–water partition coefficient (Wildman–Crippen LogP) is 3.82. The van der Waals surface area contributed by atoms with Crippen LogP contribution in [0.3, 0.4) is 0 Å². The smallest absolute Gasteiger partial charge is 0.274 e. The molecular formula is C18H11BrCl2N6O2. The van der Waals surface area contributed by atoms with Crippen LogP contribution in [0.15, 0.2) is 41.1 Å². The highest BCUT2D eigenvalue weighted by Crippen LogP contribution is 2.29. The fraction of sp³-hybridized carbons (Fsp3) is 0.0556. The predicted molar refractivity (Wildman–Crippen MR) is 112 cm³/mol. The molecule has 8 nitrogen and oxygen atoms in total. The summed E-state index contributed by atoms with van der Waals surface area (Å²) < 4.78 is 1.64. The van der Waals surface area contributed by atoms with Crippen molar-refractivity contribution in [2.24, 2.45) is 0 Å². The molecule has 3 rings (SSSR count). The first-order valence-corrected chi connectivity index (χ1v) is 9.54. The maximum atomic E-state index is 13.0. The van der Waals surface area contributed by atoms with Gasteiger partial charge >= 0.3 is 0 Å². The number of nitrogens with zero attached hydrogens (tertiary/aromatic N) is 4. The van der Waals surface area contributed by atoms with Gasteiger partial charge in [-0.2, -0.15) is 10.4 Å². The number of halogens is 3. The van der Waals surface area contributed by atoms with Crippen LogP contribution in [0.4, 0.5) is 5.69 Å². The minimum Gasteiger partial charge on any atom is -0.355 e. The third kappa shape index (κ3) is 4.24. The van der Waals surface area contributed by atoms with Crippen molar-refractivity contribution in [2.45, 2.75) is 0 Å². The Bertz CT molecular complexity index is 1170. The zero-order valence-corrected chi connectivity index (χ0v) is 17.8. The molecule has 0 aliphatic carbocycles. The molecule has 2 amide bonds. The minimum atomic E-state index is -0.610. The standard InChI is InChI=1S/C18H11BrCl2N6O2/c1-23-17(28)10-5-9(8-22)6-12(21)15(10)25-18(29)13-7-14(19)26-27(13)16-11(20)3-2-4-24-16/h2-7H,1H3,(H,23,28)(H,25,29). The molecule has 0 unspecified atom stereocenters. The van der Waals surface area contributed by atoms with E-state index in [-0.39, 0.29) is 33.3 Å². The molecule has 2 N–H and O–H groups in total. The molecule has 0 fully saturated rings. The lowest BCUT2D eigenvalue weighted by atomic mass is 10.1. The van der Waals surface area contributed by atoms with Crippen LogP contribution in [0.5, 0.6) is 0 Å². The molecule has 0 spiro atoms. The van der Waals surface area contributed by atoms with E-state index in [2.05, 4.69) is 36.6 Å². The van der Waals surface area contributed by atoms with Gasteiger partial charge < -0.3 is 10.6 Å². The average Bonchev–Trinajstić information content (AvgIpc) is 3.10. The molecule has 0 saturated carbocycles. The lowest BCUT2D eigenvalue weighted by molar-refractivity contribution is 0.0964. The van der Waals surface area contributed by atoms with Gasteiger partial charge in [-0.15, -0.1) is 0 Å². The van der Waals surface area contributed by atoms with E-state index < -0.39 is 11.8 Å². The molecule has 11 heteroatoms. The zero-order valence-electron chi connectivity index (χ0n) is 14.7. The maximum absolute atomic E-state index is 13.0. The number of hydrogen-bond donors (Lipinski definition) is 2. The SMILES string of the molecule is CNC(=O)c1cc(C#N)cc(Cl)c1NC(=O)c1cc(Br)nn1-c1ncccc1Cl. The minimum absolute atomic E-state index is 0.0389. The maximum Gasteiger partial charge on any atom is 0.274 e. The van der Waals surface area contributed by atoms with Gasteiger partial charge in [0.05, 0.1) is 32.9 Å². The van der Waals surface area contributed by atoms with Crippen molar-refractivity contribution in [3.05, 3.63) is 68.0 Å². The molecule has 0 bridgehead atoms. The Balaban J connectivity index is 2.06. The topological polar surface area (TPSA) is 113 Å². The van der Waals surface area contributed by atoms with E-state index >= 15 is 0 Å². The first-order valence-electron chi connectivity index (χ1n) is 7.99. The summed E-state index contributed by atoms with van der Waals surface area (Å²) in [4.78, 5) is 29.4. The zero-order chi connectivity index (χ0) is 21.1. The normalized spacial score (nSPS) is 10.3. The van der Waals surface area contributed by atoms with Crippen LogP contribution in [0, 0.1) is 11.3 Å². The van der Waals surface area contributed by atoms with E-state index in [1.165, 1.54) is 36.1 Å². The fourth-order valence-electron chi connectivity index (χ4n) is 2.50. The number of nitriles is 1. The number of anilines is 1. The second-order valence-electron chi connectivity index (χ2n) is 5.60. The second-order valence-corrected chi connectivity index (χ2v) is 7.23. The number of aromatic nitrogens is 3. The lowest BCUT2D eigenvalue weighted by Crippen LogP contribution is -2.23. The van der Waals surface area contributed by atoms with Crippen LogP contribution >= 0.6 is 39.1 Å². The summed E-state index contributed by atoms with van der Waals surface area (Å²) in [5, 5.41) is 18.7. The van der Waals surface area contributed by atoms with Crippen molar-refractivity contribution in [3.8, 4) is 11.9 Å². The lowest BCUT2D eigenvalue weighted by Gasteiger charge is -2.13. The number of pyridine rings is 1. The molecule has 146 valence electrons. The van der Waals surface area contributed by atoms with Crippen molar-refractivity contribution in [1.82, 2.24) is 20.1 Å². The average molecular weight is 494 g/mol. The summed E-state index contributed by atoms with van der Waals surface area (Å²) in [7, 11) is 1.43. The van der Waals surface area contributed by atoms with Gasteiger partial charge in [0.25, 0.3) is 11.8 Å². The van der Waals surface area contributed by atoms with Gasteiger partial charge in [0.2, 0.25) is 0 Å². The number of carbonyl (C=O) groups is 2. The highest BCUT2D eigenvalue weighted by molar-refractivity contribution is 9.10. The summed E-state index contributed by atoms with van der Waals surface area (Å²) in [6, 6.07) is 9.34. The van der Waals surface area contributed by atoms with Gasteiger partial charge in [-0.05, 0) is 40.2 Å². The molecule has 0 radical (unpaired) electrons. The van der Waals surface area contributed by atoms with Gasteiger partial charge in [-0.1, -0.05) is 23.2 Å². The first-order chi connectivity index (χ1) is 13.8. The number of carbonyl (C=O) groups excluding carboxylic acids is 2. The molecule has 0 atom stereocenters. The molecule has 1 aromatic carbocycles. The number of nitrogens with one attached hydrogen (secondary N) is 2. The Kier molecular flexibility index (Phi) is 6.17. The van der Waals surface area contributed by atoms with Crippen LogP contribution in [-0.2, 0) is 0 Å². The monoisotopic (exact) mass is 492 g/mol. The van der Waals surface area contributed by atoms with Crippen molar-refractivity contribution in [1.29, 1.82) is 5.26 Å². The van der Waals surface area contributed by atoms with Crippen LogP contribution in [0.1, 0.15) is 26.4 Å².